The number of aliphatic hydroxyl groups is 4. The van der Waals surface area contributed by atoms with Crippen LogP contribution in [0.25, 0.3) is 0 Å². The lowest BCUT2D eigenvalue weighted by molar-refractivity contribution is -0.210. The van der Waals surface area contributed by atoms with Crippen LogP contribution in [-0.4, -0.2) is 111 Å². The van der Waals surface area contributed by atoms with Crippen LogP contribution in [0.3, 0.4) is 0 Å². The number of hydrogen-bond acceptors (Lipinski definition) is 15. The quantitative estimate of drug-likeness (QED) is 0.107. The van der Waals surface area contributed by atoms with Gasteiger partial charge in [0.15, 0.2) is 13.2 Å². The highest BCUT2D eigenvalue weighted by atomic mass is 16.6. The van der Waals surface area contributed by atoms with Crippen molar-refractivity contribution in [3.05, 3.63) is 65.0 Å². The number of nitrogens with zero attached hydrogens (tertiary/aromatic N) is 1. The number of hydrogen-bond donors (Lipinski definition) is 6. The summed E-state index contributed by atoms with van der Waals surface area (Å²) in [6.07, 6.45) is 11.0. The summed E-state index contributed by atoms with van der Waals surface area (Å²) in [6, 6.07) is 9.15. The molecule has 0 spiro atoms. The van der Waals surface area contributed by atoms with E-state index in [0.29, 0.717) is 90.1 Å². The number of benzene rings is 1. The zero-order valence-corrected chi connectivity index (χ0v) is 50.3. The number of ether oxygens (including phenoxy) is 4. The Balaban J connectivity index is 0.758. The molecule has 6 N–H and O–H groups in total. The second-order valence-electron chi connectivity index (χ2n) is 29.0. The van der Waals surface area contributed by atoms with Crippen LogP contribution < -0.4 is 10.6 Å². The molecule has 84 heavy (non-hydrogen) atoms. The lowest BCUT2D eigenvalue weighted by Gasteiger charge is -2.63. The molecule has 8 saturated carbocycles. The van der Waals surface area contributed by atoms with Gasteiger partial charge in [0.2, 0.25) is 11.8 Å². The lowest BCUT2D eigenvalue weighted by Crippen LogP contribution is -2.62. The molecule has 14 rings (SSSR count). The number of pyridine rings is 1. The van der Waals surface area contributed by atoms with Crippen molar-refractivity contribution in [1.82, 2.24) is 15.6 Å². The van der Waals surface area contributed by atoms with Gasteiger partial charge in [0, 0.05) is 38.3 Å². The Labute approximate surface area is 495 Å². The third kappa shape index (κ3) is 11.2. The van der Waals surface area contributed by atoms with E-state index in [-0.39, 0.29) is 105 Å². The van der Waals surface area contributed by atoms with Gasteiger partial charge in [-0.05, 0) is 213 Å². The highest BCUT2D eigenvalue weighted by Gasteiger charge is 2.68. The Morgan fingerprint density at radius 3 is 1.36 bits per heavy atom. The zero-order chi connectivity index (χ0) is 59.6. The number of aromatic nitrogens is 1. The van der Waals surface area contributed by atoms with E-state index in [0.717, 1.165) is 49.7 Å². The van der Waals surface area contributed by atoms with Crippen molar-refractivity contribution in [3.8, 4) is 0 Å². The molecule has 8 fully saturated rings. The molecule has 0 saturated heterocycles. The molecule has 17 nitrogen and oxygen atoms in total. The first-order valence-corrected chi connectivity index (χ1v) is 32.0. The smallest absolute Gasteiger partial charge is 0.344 e. The normalized spacial score (nSPS) is 44.4. The molecular formula is C67H93N3O14. The maximum atomic E-state index is 13.5. The minimum Gasteiger partial charge on any atom is -0.460 e. The van der Waals surface area contributed by atoms with Crippen molar-refractivity contribution in [2.45, 2.75) is 207 Å². The van der Waals surface area contributed by atoms with Crippen LogP contribution in [0.2, 0.25) is 0 Å². The predicted octanol–water partition coefficient (Wildman–Crippen LogP) is 8.20. The molecule has 20 bridgehead atoms. The molecule has 22 atom stereocenters. The maximum absolute atomic E-state index is 13.5. The number of amides is 2. The zero-order valence-electron chi connectivity index (χ0n) is 50.3. The molecule has 17 heteroatoms. The van der Waals surface area contributed by atoms with Gasteiger partial charge in [-0.15, -0.1) is 0 Å². The molecule has 0 unspecified atom stereocenters. The summed E-state index contributed by atoms with van der Waals surface area (Å²) in [5, 5.41) is 55.0. The average Bonchev–Trinajstić information content (AvgIpc) is 1.41. The maximum Gasteiger partial charge on any atom is 0.344 e. The fourth-order valence-corrected chi connectivity index (χ4v) is 20.5. The Bertz CT molecular complexity index is 2640. The molecule has 8 aliphatic carbocycles. The number of aliphatic hydroxyl groups excluding tert-OH is 4. The molecule has 0 radical (unpaired) electrons. The van der Waals surface area contributed by atoms with Crippen LogP contribution in [-0.2, 0) is 51.2 Å². The Morgan fingerprint density at radius 2 is 0.929 bits per heavy atom. The molecule has 12 aliphatic rings. The van der Waals surface area contributed by atoms with Gasteiger partial charge in [0.25, 0.3) is 0 Å². The van der Waals surface area contributed by atoms with Gasteiger partial charge in [-0.1, -0.05) is 65.8 Å². The Morgan fingerprint density at radius 1 is 0.512 bits per heavy atom. The topological polar surface area (TPSA) is 257 Å². The van der Waals surface area contributed by atoms with E-state index in [9.17, 15) is 49.2 Å². The molecule has 460 valence electrons. The Kier molecular flexibility index (Phi) is 17.3. The van der Waals surface area contributed by atoms with Gasteiger partial charge in [-0.2, -0.15) is 0 Å². The first-order chi connectivity index (χ1) is 40.0. The summed E-state index contributed by atoms with van der Waals surface area (Å²) in [5.74, 6) is -2.05. The molecular weight excluding hydrogens is 1070 g/mol. The van der Waals surface area contributed by atoms with Gasteiger partial charge in [0.05, 0.1) is 35.5 Å². The van der Waals surface area contributed by atoms with Crippen molar-refractivity contribution < 1.29 is 68.1 Å². The molecule has 2 aromatic rings. The fourth-order valence-electron chi connectivity index (χ4n) is 20.5. The third-order valence-electron chi connectivity index (χ3n) is 25.1. The van der Waals surface area contributed by atoms with Crippen LogP contribution >= 0.6 is 0 Å². The van der Waals surface area contributed by atoms with Crippen LogP contribution in [0.1, 0.15) is 189 Å². The van der Waals surface area contributed by atoms with E-state index in [2.05, 4.69) is 57.2 Å². The summed E-state index contributed by atoms with van der Waals surface area (Å²) in [6.45, 7) is 12.8. The van der Waals surface area contributed by atoms with Gasteiger partial charge >= 0.3 is 23.9 Å². The van der Waals surface area contributed by atoms with E-state index in [1.165, 1.54) is 18.5 Å². The van der Waals surface area contributed by atoms with Crippen molar-refractivity contribution >= 4 is 35.7 Å². The second-order valence-corrected chi connectivity index (χ2v) is 29.0. The standard InChI is InChI=1S/C67H93N3O14/c1-36-10-16-56(75)69-30-38-8-7-9-39(22-38)31-70-57(76)17-11-37(2)47-13-15-49-61-51(29-55(74)67(47,49)6)65(4)21-19-45(25-43(65)27-53(61)72)84-59(78)35-82-63(80)41-23-40(32-68-33-41)62(79)81-34-58(77)83-44-18-20-64(3)42(24-44)26-52(71)60-48-14-12-46(36)66(48,5)54(73)28-50(60)64/h7-9,22-23,32-33,36-37,42-55,60-61,71-74H,10-21,24-31,34-35H2,1-6H3,(H,69,75)(H,70,76)/t36-,37-,42+,43+,44-,45-,46-,47-,48+,49+,50+,51+,52-,53-,54+,55+,60+,61+,64+,65+,66-,67-/m1/s1. The van der Waals surface area contributed by atoms with Crippen molar-refractivity contribution in [3.63, 3.8) is 0 Å². The lowest BCUT2D eigenvalue weighted by atomic mass is 9.43. The summed E-state index contributed by atoms with van der Waals surface area (Å²) in [7, 11) is 0. The summed E-state index contributed by atoms with van der Waals surface area (Å²) < 4.78 is 22.5. The molecule has 1 aromatic carbocycles. The SMILES string of the molecule is C[C@@H]1CCC(=O)NCc2cccc(c2)CNC(=O)CC[C@@H](C)[C@H]2CC[C@H]3[C@@H]4[C@H](O)C[C@@H]5C[C@@H](CC[C@]5(C)[C@H]4C[C@H](O)[C@]23C)OC(=O)COC(=O)c2cncc(c2)C(=O)OCC(=O)O[C@@H]2CC[C@@]3(C)[C@@H](C2)C[C@@H](O)[C@@H]2[C@@H]3C[C@H](O)[C@]3(C)[C@@H]1CC[C@@H]23. The highest BCUT2D eigenvalue weighted by Crippen LogP contribution is 2.70. The highest BCUT2D eigenvalue weighted by molar-refractivity contribution is 5.95. The van der Waals surface area contributed by atoms with Crippen molar-refractivity contribution in [1.29, 1.82) is 0 Å². The first kappa shape index (κ1) is 60.7. The van der Waals surface area contributed by atoms with Crippen LogP contribution in [0.4, 0.5) is 0 Å². The van der Waals surface area contributed by atoms with Crippen LogP contribution in [0.5, 0.6) is 0 Å². The third-order valence-corrected chi connectivity index (χ3v) is 25.1. The number of carbonyl (C=O) groups excluding carboxylic acids is 6. The largest absolute Gasteiger partial charge is 0.460 e. The van der Waals surface area contributed by atoms with Crippen molar-refractivity contribution in [2.75, 3.05) is 13.2 Å². The molecule has 5 heterocycles. The number of esters is 4. The summed E-state index contributed by atoms with van der Waals surface area (Å²) in [4.78, 5) is 83.8. The number of rotatable bonds is 0. The number of nitrogens with one attached hydrogen (secondary N) is 2. The van der Waals surface area contributed by atoms with Gasteiger partial charge in [-0.3, -0.25) is 14.6 Å². The van der Waals surface area contributed by atoms with Crippen LogP contribution in [0, 0.1) is 92.7 Å². The first-order valence-electron chi connectivity index (χ1n) is 32.0. The summed E-state index contributed by atoms with van der Waals surface area (Å²) in [5.41, 5.74) is 0.487. The van der Waals surface area contributed by atoms with E-state index >= 15 is 0 Å². The summed E-state index contributed by atoms with van der Waals surface area (Å²) >= 11 is 0. The molecule has 4 aliphatic heterocycles. The van der Waals surface area contributed by atoms with Crippen molar-refractivity contribution in [2.24, 2.45) is 92.7 Å². The predicted molar refractivity (Wildman–Crippen MR) is 307 cm³/mol. The van der Waals surface area contributed by atoms with E-state index < -0.39 is 84.5 Å². The average molecular weight is 1160 g/mol. The minimum absolute atomic E-state index is 0.0199. The second kappa shape index (κ2) is 24.0. The number of carbonyl (C=O) groups is 6. The fraction of sp³-hybridized carbons (Fsp3) is 0.746. The molecule has 1 aromatic heterocycles. The van der Waals surface area contributed by atoms with E-state index in [1.54, 1.807) is 0 Å². The van der Waals surface area contributed by atoms with Gasteiger partial charge in [-0.25, -0.2) is 19.2 Å². The van der Waals surface area contributed by atoms with E-state index in [1.807, 2.05) is 24.3 Å². The number of fused-ring (bicyclic) bond motifs is 1. The van der Waals surface area contributed by atoms with E-state index in [4.69, 9.17) is 18.9 Å². The molecule has 2 amide bonds. The van der Waals surface area contributed by atoms with Gasteiger partial charge in [0.1, 0.15) is 12.2 Å². The monoisotopic (exact) mass is 1160 g/mol. The van der Waals surface area contributed by atoms with Gasteiger partial charge < -0.3 is 50.0 Å². The van der Waals surface area contributed by atoms with Crippen LogP contribution in [0.15, 0.2) is 42.7 Å². The Hall–Kier alpha value is -4.97. The minimum atomic E-state index is -0.903.